The number of amides is 1. The number of carboxylic acid groups (broad SMARTS) is 1. The van der Waals surface area contributed by atoms with Gasteiger partial charge in [0.05, 0.1) is 14.9 Å². The normalized spacial score (nSPS) is 8.19. The van der Waals surface area contributed by atoms with Crippen molar-refractivity contribution in [3.63, 3.8) is 0 Å². The lowest BCUT2D eigenvalue weighted by molar-refractivity contribution is -0.138. The number of rotatable bonds is 6. The molecule has 0 aliphatic heterocycles. The molecule has 7 nitrogen and oxygen atoms in total. The Labute approximate surface area is 126 Å². The summed E-state index contributed by atoms with van der Waals surface area (Å²) >= 11 is 0. The lowest BCUT2D eigenvalue weighted by Crippen LogP contribution is -2.17. The van der Waals surface area contributed by atoms with Crippen molar-refractivity contribution in [2.24, 2.45) is 5.73 Å². The zero-order valence-corrected chi connectivity index (χ0v) is 13.1. The van der Waals surface area contributed by atoms with E-state index in [9.17, 15) is 23.6 Å². The molecule has 1 amide bonds. The lowest BCUT2D eigenvalue weighted by atomic mass is 10.2. The number of hydrogen-bond acceptors (Lipinski definition) is 5. The fourth-order valence-corrected chi connectivity index (χ4v) is 0.698. The van der Waals surface area contributed by atoms with Crippen molar-refractivity contribution in [3.8, 4) is 0 Å². The number of carboxylic acids is 1. The summed E-state index contributed by atoms with van der Waals surface area (Å²) in [4.78, 5) is 40.6. The average Bonchev–Trinajstić information content (AvgIpc) is 2.46. The first-order valence-electron chi connectivity index (χ1n) is 6.76. The number of ketones is 2. The summed E-state index contributed by atoms with van der Waals surface area (Å²) in [5.74, 6) is -1.02. The lowest BCUT2D eigenvalue weighted by Gasteiger charge is -1.93. The molecule has 0 aliphatic carbocycles. The Morgan fingerprint density at radius 3 is 1.57 bits per heavy atom. The smallest absolute Gasteiger partial charge is 0.303 e. The minimum atomic E-state index is -1.00. The van der Waals surface area contributed by atoms with E-state index in [1.54, 1.807) is 7.05 Å². The highest BCUT2D eigenvalue weighted by Crippen LogP contribution is 1.88. The number of alkyl halides is 1. The van der Waals surface area contributed by atoms with Crippen LogP contribution in [-0.2, 0) is 19.2 Å². The van der Waals surface area contributed by atoms with Crippen molar-refractivity contribution in [2.45, 2.75) is 39.5 Å². The standard InChI is InChI=1S/C6H11NO2.C5H8O3.CH3F.CH5N/c1-5(8)3-4-6(9)7-2;1-4(6)2-3-5(7)8;2*1-2/h3-4H2,1-2H3,(H,7,9);2-3H2,1H3,(H,7,8);1H3;2H2,1H3/i;;1D;. The fourth-order valence-electron chi connectivity index (χ4n) is 0.698. The summed E-state index contributed by atoms with van der Waals surface area (Å²) in [7, 11) is 2.06. The van der Waals surface area contributed by atoms with E-state index in [1.165, 1.54) is 20.9 Å². The van der Waals surface area contributed by atoms with E-state index in [4.69, 9.17) is 6.48 Å². The minimum Gasteiger partial charge on any atom is -0.481 e. The van der Waals surface area contributed by atoms with Gasteiger partial charge in [0.1, 0.15) is 11.6 Å². The van der Waals surface area contributed by atoms with E-state index in [1.807, 2.05) is 0 Å². The summed E-state index contributed by atoms with van der Waals surface area (Å²) in [5.41, 5.74) is 4.50. The molecule has 4 N–H and O–H groups in total. The highest BCUT2D eigenvalue weighted by Gasteiger charge is 1.99. The fraction of sp³-hybridized carbons (Fsp3) is 0.692. The van der Waals surface area contributed by atoms with Gasteiger partial charge in [0, 0.05) is 26.3 Å². The minimum absolute atomic E-state index is 0.0463. The number of Topliss-reactive ketones (excluding diaryl/α,β-unsaturated/α-hetero) is 2. The van der Waals surface area contributed by atoms with Gasteiger partial charge in [-0.2, -0.15) is 0 Å². The molecule has 0 heterocycles. The largest absolute Gasteiger partial charge is 0.481 e. The third-order valence-corrected chi connectivity index (χ3v) is 1.67. The first kappa shape index (κ1) is 24.2. The van der Waals surface area contributed by atoms with Crippen LogP contribution in [0.25, 0.3) is 0 Å². The Kier molecular flexibility index (Phi) is 26.8. The van der Waals surface area contributed by atoms with Crippen LogP contribution in [0.2, 0.25) is 0 Å². The molecule has 0 saturated carbocycles. The Hall–Kier alpha value is -1.83. The predicted octanol–water partition coefficient (Wildman–Crippen LogP) is 0.702. The van der Waals surface area contributed by atoms with Gasteiger partial charge in [-0.3, -0.25) is 14.0 Å². The summed E-state index contributed by atoms with van der Waals surface area (Å²) in [6.07, 6.45) is 0.760. The number of carbonyl (C=O) groups excluding carboxylic acids is 3. The van der Waals surface area contributed by atoms with Gasteiger partial charge in [0.2, 0.25) is 5.91 Å². The van der Waals surface area contributed by atoms with Gasteiger partial charge in [-0.25, -0.2) is 0 Å². The molecule has 0 aromatic heterocycles. The molecular formula is C13H27FN2O5. The highest BCUT2D eigenvalue weighted by atomic mass is 19.1. The van der Waals surface area contributed by atoms with Crippen LogP contribution in [0.4, 0.5) is 4.39 Å². The van der Waals surface area contributed by atoms with Gasteiger partial charge < -0.3 is 25.7 Å². The zero-order valence-electron chi connectivity index (χ0n) is 14.1. The number of halogens is 1. The second-order valence-corrected chi connectivity index (χ2v) is 3.47. The van der Waals surface area contributed by atoms with Gasteiger partial charge in [-0.1, -0.05) is 0 Å². The monoisotopic (exact) mass is 311 g/mol. The molecule has 8 heteroatoms. The van der Waals surface area contributed by atoms with Gasteiger partial charge in [0.25, 0.3) is 0 Å². The molecule has 0 aliphatic rings. The van der Waals surface area contributed by atoms with E-state index in [0.29, 0.717) is 12.8 Å². The van der Waals surface area contributed by atoms with Gasteiger partial charge >= 0.3 is 5.97 Å². The van der Waals surface area contributed by atoms with Crippen molar-refractivity contribution in [1.29, 1.82) is 0 Å². The second-order valence-electron chi connectivity index (χ2n) is 3.47. The second kappa shape index (κ2) is 23.3. The van der Waals surface area contributed by atoms with E-state index >= 15 is 0 Å². The molecule has 0 fully saturated rings. The number of nitrogens with two attached hydrogens (primary N) is 1. The molecule has 0 aromatic carbocycles. The van der Waals surface area contributed by atoms with Crippen molar-refractivity contribution in [2.75, 3.05) is 21.2 Å². The van der Waals surface area contributed by atoms with Gasteiger partial charge in [-0.15, -0.1) is 0 Å². The maximum atomic E-state index is 10.5. The maximum absolute atomic E-state index is 10.5. The molecule has 126 valence electrons. The van der Waals surface area contributed by atoms with Crippen molar-refractivity contribution in [1.82, 2.24) is 5.32 Å². The highest BCUT2D eigenvalue weighted by molar-refractivity contribution is 5.83. The zero-order chi connectivity index (χ0) is 18.6. The number of nitrogens with one attached hydrogen (secondary N) is 1. The van der Waals surface area contributed by atoms with Gasteiger partial charge in [-0.05, 0) is 20.9 Å². The van der Waals surface area contributed by atoms with Crippen LogP contribution in [0, 0.1) is 0 Å². The summed E-state index contributed by atoms with van der Waals surface area (Å²) in [6, 6.07) is 0. The first-order valence-corrected chi connectivity index (χ1v) is 6.05. The van der Waals surface area contributed by atoms with E-state index < -0.39 is 13.1 Å². The van der Waals surface area contributed by atoms with Crippen LogP contribution in [0.15, 0.2) is 0 Å². The summed E-state index contributed by atoms with van der Waals surface area (Å²) < 4.78 is 15.5. The molecule has 0 atom stereocenters. The van der Waals surface area contributed by atoms with Crippen LogP contribution in [0.5, 0.6) is 0 Å². The average molecular weight is 311 g/mol. The van der Waals surface area contributed by atoms with E-state index in [0.717, 1.165) is 0 Å². The molecule has 21 heavy (non-hydrogen) atoms. The van der Waals surface area contributed by atoms with Crippen LogP contribution < -0.4 is 11.1 Å². The Balaban J connectivity index is -0.000000114. The molecule has 0 rings (SSSR count). The topological polar surface area (TPSA) is 127 Å². The van der Waals surface area contributed by atoms with Crippen molar-refractivity contribution in [3.05, 3.63) is 0 Å². The Morgan fingerprint density at radius 1 is 1.05 bits per heavy atom. The summed E-state index contributed by atoms with van der Waals surface area (Å²) in [6.45, 7) is 2.85. The third-order valence-electron chi connectivity index (χ3n) is 1.67. The molecule has 0 bridgehead atoms. The quantitative estimate of drug-likeness (QED) is 0.663. The SMILES string of the molecule is CC(=O)CCC(=O)O.CN.CNC(=O)CCC(C)=O.[2H]CF. The molecule has 0 spiro atoms. The number of hydrogen-bond donors (Lipinski definition) is 3. The Bertz CT molecular complexity index is 301. The molecule has 0 aromatic rings. The summed E-state index contributed by atoms with van der Waals surface area (Å²) in [5, 5.41) is 10.4. The Morgan fingerprint density at radius 2 is 1.38 bits per heavy atom. The molecule has 0 unspecified atom stereocenters. The van der Waals surface area contributed by atoms with Crippen LogP contribution in [0.1, 0.15) is 40.9 Å². The van der Waals surface area contributed by atoms with Crippen LogP contribution >= 0.6 is 0 Å². The van der Waals surface area contributed by atoms with Crippen LogP contribution in [0.3, 0.4) is 0 Å². The first-order chi connectivity index (χ1) is 10.2. The van der Waals surface area contributed by atoms with Crippen molar-refractivity contribution < 1.29 is 30.0 Å². The molecule has 0 radical (unpaired) electrons. The third kappa shape index (κ3) is 45.9. The van der Waals surface area contributed by atoms with Gasteiger partial charge in [0.15, 0.2) is 0 Å². The molecular weight excluding hydrogens is 283 g/mol. The molecule has 0 saturated heterocycles. The predicted molar refractivity (Wildman–Crippen MR) is 78.7 cm³/mol. The van der Waals surface area contributed by atoms with Crippen LogP contribution in [-0.4, -0.2) is 49.8 Å². The van der Waals surface area contributed by atoms with E-state index in [-0.39, 0.29) is 30.3 Å². The number of aliphatic carboxylic acids is 1. The van der Waals surface area contributed by atoms with E-state index in [2.05, 4.69) is 11.1 Å². The number of carbonyl (C=O) groups is 4. The maximum Gasteiger partial charge on any atom is 0.303 e. The van der Waals surface area contributed by atoms with Crippen molar-refractivity contribution >= 4 is 23.4 Å².